The van der Waals surface area contributed by atoms with Gasteiger partial charge in [-0.15, -0.1) is 0 Å². The first kappa shape index (κ1) is 11.4. The van der Waals surface area contributed by atoms with E-state index >= 15 is 0 Å². The fraction of sp³-hybridized carbons (Fsp3) is 0.200. The smallest absolute Gasteiger partial charge is 0.391 e. The van der Waals surface area contributed by atoms with Crippen molar-refractivity contribution in [2.75, 3.05) is 6.54 Å². The van der Waals surface area contributed by atoms with E-state index < -0.39 is 8.60 Å². The quantitative estimate of drug-likeness (QED) is 0.605. The number of aromatic amines is 1. The van der Waals surface area contributed by atoms with Crippen molar-refractivity contribution < 1.29 is 14.3 Å². The third-order valence-electron chi connectivity index (χ3n) is 2.34. The molecule has 2 rings (SSSR count). The van der Waals surface area contributed by atoms with Gasteiger partial charge < -0.3 is 25.0 Å². The van der Waals surface area contributed by atoms with Crippen LogP contribution >= 0.6 is 8.60 Å². The number of H-pyrrole nitrogens is 1. The Morgan fingerprint density at radius 2 is 2.19 bits per heavy atom. The van der Waals surface area contributed by atoms with Gasteiger partial charge in [-0.1, -0.05) is 6.07 Å². The Kier molecular flexibility index (Phi) is 3.41. The van der Waals surface area contributed by atoms with E-state index in [9.17, 15) is 0 Å². The van der Waals surface area contributed by atoms with Crippen molar-refractivity contribution in [3.05, 3.63) is 30.0 Å². The number of benzene rings is 1. The Morgan fingerprint density at radius 1 is 1.38 bits per heavy atom. The Hall–Kier alpha value is -1.13. The monoisotopic (exact) mass is 240 g/mol. The molecule has 6 heteroatoms. The second-order valence-corrected chi connectivity index (χ2v) is 4.06. The lowest BCUT2D eigenvalue weighted by molar-refractivity contribution is 0.377. The maximum absolute atomic E-state index is 8.89. The molecular formula is C10H13N2O3P. The molecule has 0 radical (unpaired) electrons. The largest absolute Gasteiger partial charge is 0.426 e. The van der Waals surface area contributed by atoms with Crippen LogP contribution < -0.4 is 10.3 Å². The SMILES string of the molecule is NCCc1c[nH]c2cccc(OP(O)O)c12. The van der Waals surface area contributed by atoms with E-state index in [1.807, 2.05) is 12.3 Å². The fourth-order valence-electron chi connectivity index (χ4n) is 1.74. The van der Waals surface area contributed by atoms with Gasteiger partial charge in [0, 0.05) is 17.1 Å². The van der Waals surface area contributed by atoms with E-state index in [2.05, 4.69) is 4.98 Å². The molecule has 0 saturated carbocycles. The van der Waals surface area contributed by atoms with Gasteiger partial charge in [0.15, 0.2) is 0 Å². The summed E-state index contributed by atoms with van der Waals surface area (Å²) in [6, 6.07) is 5.40. The van der Waals surface area contributed by atoms with E-state index in [-0.39, 0.29) is 0 Å². The Labute approximate surface area is 93.9 Å². The zero-order valence-corrected chi connectivity index (χ0v) is 9.45. The van der Waals surface area contributed by atoms with Crippen LogP contribution in [0, 0.1) is 0 Å². The molecule has 1 aromatic carbocycles. The molecule has 0 saturated heterocycles. The average Bonchev–Trinajstić information content (AvgIpc) is 2.62. The number of nitrogens with one attached hydrogen (secondary N) is 1. The van der Waals surface area contributed by atoms with E-state index in [1.165, 1.54) is 0 Å². The third kappa shape index (κ3) is 2.18. The molecule has 0 atom stereocenters. The molecule has 0 fully saturated rings. The summed E-state index contributed by atoms with van der Waals surface area (Å²) in [4.78, 5) is 20.9. The molecule has 0 aliphatic heterocycles. The van der Waals surface area contributed by atoms with Crippen LogP contribution in [0.5, 0.6) is 5.75 Å². The summed E-state index contributed by atoms with van der Waals surface area (Å²) in [6.45, 7) is 0.536. The van der Waals surface area contributed by atoms with Crippen LogP contribution in [0.4, 0.5) is 0 Å². The highest BCUT2D eigenvalue weighted by Crippen LogP contribution is 2.36. The molecule has 0 unspecified atom stereocenters. The first-order valence-electron chi connectivity index (χ1n) is 4.87. The lowest BCUT2D eigenvalue weighted by Gasteiger charge is -2.07. The van der Waals surface area contributed by atoms with Gasteiger partial charge in [0.2, 0.25) is 0 Å². The minimum absolute atomic E-state index is 0.471. The van der Waals surface area contributed by atoms with Gasteiger partial charge in [-0.2, -0.15) is 0 Å². The second kappa shape index (κ2) is 4.80. The number of rotatable bonds is 4. The van der Waals surface area contributed by atoms with Crippen LogP contribution in [0.2, 0.25) is 0 Å². The first-order chi connectivity index (χ1) is 7.72. The van der Waals surface area contributed by atoms with Crippen LogP contribution in [-0.4, -0.2) is 21.3 Å². The van der Waals surface area contributed by atoms with E-state index in [1.54, 1.807) is 12.1 Å². The Morgan fingerprint density at radius 3 is 2.88 bits per heavy atom. The van der Waals surface area contributed by atoms with Gasteiger partial charge in [0.1, 0.15) is 5.75 Å². The summed E-state index contributed by atoms with van der Waals surface area (Å²) in [5.41, 5.74) is 7.43. The number of aromatic nitrogens is 1. The van der Waals surface area contributed by atoms with Gasteiger partial charge in [0.05, 0.1) is 0 Å². The van der Waals surface area contributed by atoms with E-state index in [4.69, 9.17) is 20.0 Å². The Balaban J connectivity index is 2.50. The minimum Gasteiger partial charge on any atom is -0.426 e. The highest BCUT2D eigenvalue weighted by Gasteiger charge is 2.11. The summed E-state index contributed by atoms with van der Waals surface area (Å²) in [7, 11) is -2.40. The number of fused-ring (bicyclic) bond motifs is 1. The first-order valence-corrected chi connectivity index (χ1v) is 6.04. The van der Waals surface area contributed by atoms with Crippen LogP contribution in [0.1, 0.15) is 5.56 Å². The van der Waals surface area contributed by atoms with Crippen molar-refractivity contribution in [3.8, 4) is 5.75 Å². The topological polar surface area (TPSA) is 91.5 Å². The van der Waals surface area contributed by atoms with E-state index in [0.717, 1.165) is 22.9 Å². The molecule has 0 bridgehead atoms. The molecule has 1 aromatic heterocycles. The maximum atomic E-state index is 8.89. The molecule has 0 spiro atoms. The van der Waals surface area contributed by atoms with Crippen molar-refractivity contribution in [2.24, 2.45) is 5.73 Å². The number of nitrogens with two attached hydrogens (primary N) is 1. The van der Waals surface area contributed by atoms with Gasteiger partial charge in [0.25, 0.3) is 0 Å². The van der Waals surface area contributed by atoms with Gasteiger partial charge >= 0.3 is 8.60 Å². The van der Waals surface area contributed by atoms with Crippen molar-refractivity contribution >= 4 is 19.5 Å². The molecular weight excluding hydrogens is 227 g/mol. The predicted octanol–water partition coefficient (Wildman–Crippen LogP) is 1.26. The van der Waals surface area contributed by atoms with Crippen molar-refractivity contribution in [1.29, 1.82) is 0 Å². The van der Waals surface area contributed by atoms with Gasteiger partial charge in [-0.3, -0.25) is 0 Å². The Bertz CT molecular complexity index is 484. The standard InChI is InChI=1S/C10H13N2O3P/c11-5-4-7-6-12-8-2-1-3-9(10(7)8)15-16(13)14/h1-3,6,12-14H,4-5,11H2. The molecule has 86 valence electrons. The summed E-state index contributed by atoms with van der Waals surface area (Å²) in [6.07, 6.45) is 2.58. The lowest BCUT2D eigenvalue weighted by Crippen LogP contribution is -2.02. The van der Waals surface area contributed by atoms with Crippen LogP contribution in [0.3, 0.4) is 0 Å². The molecule has 5 N–H and O–H groups in total. The molecule has 0 aliphatic carbocycles. The van der Waals surface area contributed by atoms with Crippen LogP contribution in [0.25, 0.3) is 10.9 Å². The molecule has 5 nitrogen and oxygen atoms in total. The van der Waals surface area contributed by atoms with Crippen molar-refractivity contribution in [3.63, 3.8) is 0 Å². The maximum Gasteiger partial charge on any atom is 0.391 e. The fourth-order valence-corrected chi connectivity index (χ4v) is 2.06. The van der Waals surface area contributed by atoms with Gasteiger partial charge in [-0.25, -0.2) is 0 Å². The summed E-state index contributed by atoms with van der Waals surface area (Å²) in [5, 5.41) is 0.864. The van der Waals surface area contributed by atoms with Crippen molar-refractivity contribution in [2.45, 2.75) is 6.42 Å². The highest BCUT2D eigenvalue weighted by molar-refractivity contribution is 7.39. The summed E-state index contributed by atoms with van der Waals surface area (Å²) < 4.78 is 4.99. The van der Waals surface area contributed by atoms with Gasteiger partial charge in [-0.05, 0) is 30.7 Å². The molecule has 0 amide bonds. The minimum atomic E-state index is -2.40. The number of hydrogen-bond donors (Lipinski definition) is 4. The summed E-state index contributed by atoms with van der Waals surface area (Å²) >= 11 is 0. The molecule has 2 aromatic rings. The van der Waals surface area contributed by atoms with Crippen LogP contribution in [-0.2, 0) is 6.42 Å². The number of hydrogen-bond acceptors (Lipinski definition) is 4. The normalized spacial score (nSPS) is 11.2. The predicted molar refractivity (Wildman–Crippen MR) is 63.0 cm³/mol. The zero-order chi connectivity index (χ0) is 11.5. The molecule has 0 aliphatic rings. The van der Waals surface area contributed by atoms with Crippen molar-refractivity contribution in [1.82, 2.24) is 4.98 Å². The van der Waals surface area contributed by atoms with E-state index in [0.29, 0.717) is 12.3 Å². The average molecular weight is 240 g/mol. The molecule has 16 heavy (non-hydrogen) atoms. The highest BCUT2D eigenvalue weighted by atomic mass is 31.2. The third-order valence-corrected chi connectivity index (χ3v) is 2.70. The summed E-state index contributed by atoms with van der Waals surface area (Å²) in [5.74, 6) is 0.471. The lowest BCUT2D eigenvalue weighted by atomic mass is 10.1. The second-order valence-electron chi connectivity index (χ2n) is 3.38. The zero-order valence-electron chi connectivity index (χ0n) is 8.55. The van der Waals surface area contributed by atoms with Crippen LogP contribution in [0.15, 0.2) is 24.4 Å². The molecule has 1 heterocycles.